The number of nitrogens with two attached hydrogens (primary N) is 2. The molecule has 246 valence electrons. The molecule has 0 unspecified atom stereocenters. The second kappa shape index (κ2) is 50.4. The molecule has 12 N–H and O–H groups in total. The smallest absolute Gasteiger partial charge is 0.500 e. The third kappa shape index (κ3) is 150. The number of carbonyl (C=O) groups is 5. The maximum atomic E-state index is 9.00. The Morgan fingerprint density at radius 3 is 1.02 bits per heavy atom. The Bertz CT molecular complexity index is 475. The van der Waals surface area contributed by atoms with Crippen molar-refractivity contribution in [2.75, 3.05) is 54.1 Å². The minimum absolute atomic E-state index is 0. The summed E-state index contributed by atoms with van der Waals surface area (Å²) in [4.78, 5) is 45.0. The second-order valence-electron chi connectivity index (χ2n) is 6.25. The Balaban J connectivity index is -0.0000000529. The number of rotatable bonds is 11. The Kier molecular flexibility index (Phi) is 73.4. The molecular weight excluding hydrogens is 704 g/mol. The fraction of sp³-hybridized carbons (Fsp3) is 0.750. The molecule has 0 aromatic heterocycles. The third-order valence-electron chi connectivity index (χ3n) is 2.36. The number of carboxylic acid groups (broad SMARTS) is 5. The van der Waals surface area contributed by atoms with Crippen LogP contribution in [0.5, 0.6) is 0 Å². The standard InChI is InChI=1S/C6H17N2O3Si.C4H13N3.5C2H4O2.Gd/c1-9-12(10-2,11-3)6-4-5-8-7;5-1-3-7-4-2-6;5*1-2(3)4;/h7-8H,4-6H2,1-3H3;7H,1-6H2;5*1H3,(H,3,4);/q-1;;;;;;;. The normalized spacial score (nSPS) is 8.38. The molecule has 18 nitrogen and oxygen atoms in total. The van der Waals surface area contributed by atoms with Crippen LogP contribution in [0.2, 0.25) is 6.04 Å². The molecule has 0 aliphatic carbocycles. The first-order valence-corrected chi connectivity index (χ1v) is 12.9. The van der Waals surface area contributed by atoms with E-state index in [0.29, 0.717) is 19.6 Å². The summed E-state index contributed by atoms with van der Waals surface area (Å²) in [7, 11) is 2.39. The van der Waals surface area contributed by atoms with Gasteiger partial charge in [0.2, 0.25) is 0 Å². The van der Waals surface area contributed by atoms with Gasteiger partial charge in [-0.2, -0.15) is 0 Å². The molecule has 0 heterocycles. The topological polar surface area (TPSA) is 314 Å². The van der Waals surface area contributed by atoms with Crippen LogP contribution in [0.4, 0.5) is 0 Å². The molecule has 0 rings (SSSR count). The van der Waals surface area contributed by atoms with Gasteiger partial charge in [0.15, 0.2) is 0 Å². The van der Waals surface area contributed by atoms with Crippen molar-refractivity contribution in [3.8, 4) is 0 Å². The van der Waals surface area contributed by atoms with E-state index in [1.165, 1.54) is 0 Å². The van der Waals surface area contributed by atoms with Gasteiger partial charge in [0, 0.05) is 128 Å². The van der Waals surface area contributed by atoms with E-state index in [4.69, 9.17) is 80.1 Å². The van der Waals surface area contributed by atoms with Crippen LogP contribution >= 0.6 is 0 Å². The Morgan fingerprint density at radius 2 is 0.875 bits per heavy atom. The molecule has 0 aliphatic rings. The Labute approximate surface area is 269 Å². The largest absolute Gasteiger partial charge is 0.613 e. The Hall–Kier alpha value is -1.43. The van der Waals surface area contributed by atoms with Crippen molar-refractivity contribution in [3.63, 3.8) is 0 Å². The average molecular weight is 754 g/mol. The molecule has 0 aromatic rings. The summed E-state index contributed by atoms with van der Waals surface area (Å²) in [6.07, 6.45) is 0.825. The summed E-state index contributed by atoms with van der Waals surface area (Å²) in [6, 6.07) is 0.738. The number of aliphatic carboxylic acids is 5. The molecule has 0 radical (unpaired) electrons. The van der Waals surface area contributed by atoms with E-state index in [2.05, 4.69) is 10.7 Å². The van der Waals surface area contributed by atoms with Crippen molar-refractivity contribution >= 4 is 38.7 Å². The van der Waals surface area contributed by atoms with Crippen LogP contribution in [0.15, 0.2) is 0 Å². The molecule has 0 saturated heterocycles. The van der Waals surface area contributed by atoms with Crippen LogP contribution in [0.3, 0.4) is 0 Å². The maximum Gasteiger partial charge on any atom is 0.500 e. The van der Waals surface area contributed by atoms with E-state index in [0.717, 1.165) is 60.2 Å². The zero-order valence-corrected chi connectivity index (χ0v) is 27.7. The summed E-state index contributed by atoms with van der Waals surface area (Å²) in [5.41, 5.74) is 12.7. The molecule has 40 heavy (non-hydrogen) atoms. The molecule has 0 saturated carbocycles. The molecule has 0 aliphatic heterocycles. The van der Waals surface area contributed by atoms with Crippen LogP contribution in [0.25, 0.3) is 5.84 Å². The van der Waals surface area contributed by atoms with E-state index < -0.39 is 38.7 Å². The number of hydrogen-bond acceptors (Lipinski definition) is 12. The molecule has 0 spiro atoms. The van der Waals surface area contributed by atoms with Crippen molar-refractivity contribution in [1.29, 1.82) is 0 Å². The number of hydrogen-bond donors (Lipinski definition) is 9. The van der Waals surface area contributed by atoms with E-state index in [9.17, 15) is 0 Å². The molecule has 20 heteroatoms. The van der Waals surface area contributed by atoms with Gasteiger partial charge in [0.25, 0.3) is 29.8 Å². The van der Waals surface area contributed by atoms with Gasteiger partial charge in [-0.1, -0.05) is 0 Å². The molecule has 0 fully saturated rings. The van der Waals surface area contributed by atoms with Gasteiger partial charge in [-0.3, -0.25) is 24.0 Å². The van der Waals surface area contributed by atoms with E-state index in [1.54, 1.807) is 21.3 Å². The number of carboxylic acids is 5. The summed E-state index contributed by atoms with van der Waals surface area (Å²) in [6.45, 7) is 9.18. The van der Waals surface area contributed by atoms with Crippen LogP contribution in [-0.4, -0.2) is 118 Å². The summed E-state index contributed by atoms with van der Waals surface area (Å²) < 4.78 is 15.6. The van der Waals surface area contributed by atoms with Gasteiger partial charge in [-0.25, -0.2) is 0 Å². The van der Waals surface area contributed by atoms with Crippen LogP contribution in [-0.2, 0) is 37.3 Å². The predicted molar refractivity (Wildman–Crippen MR) is 146 cm³/mol. The SMILES string of the molecule is CC(=O)O.CC(=O)O.CC(=O)O.CC(=O)O.CC(=O)O.CO[Si](CCCN[NH-])(OC)OC.NCCNCCN.[Gd]. The zero-order chi connectivity index (χ0) is 32.9. The predicted octanol–water partition coefficient (Wildman–Crippen LogP) is -0.241. The number of nitrogens with one attached hydrogen (secondary N) is 3. The first-order valence-electron chi connectivity index (χ1n) is 11.0. The third-order valence-corrected chi connectivity index (χ3v) is 5.19. The molecule has 0 atom stereocenters. The van der Waals surface area contributed by atoms with Crippen molar-refractivity contribution in [2.45, 2.75) is 47.1 Å². The molecule has 0 aromatic carbocycles. The summed E-state index contributed by atoms with van der Waals surface area (Å²) in [5, 5.41) is 40.1. The second-order valence-corrected chi connectivity index (χ2v) is 9.34. The zero-order valence-electron chi connectivity index (χ0n) is 24.5. The van der Waals surface area contributed by atoms with Crippen LogP contribution in [0, 0.1) is 39.9 Å². The van der Waals surface area contributed by atoms with Gasteiger partial charge < -0.3 is 66.9 Å². The summed E-state index contributed by atoms with van der Waals surface area (Å²) in [5.74, 6) is 2.56. The maximum absolute atomic E-state index is 9.00. The first-order chi connectivity index (χ1) is 17.8. The summed E-state index contributed by atoms with van der Waals surface area (Å²) >= 11 is 0. The minimum Gasteiger partial charge on any atom is -0.613 e. The van der Waals surface area contributed by atoms with Gasteiger partial charge in [0.05, 0.1) is 0 Å². The first kappa shape index (κ1) is 58.3. The molecule has 0 amide bonds. The van der Waals surface area contributed by atoms with Gasteiger partial charge in [-0.05, 0) is 13.0 Å². The fourth-order valence-corrected chi connectivity index (χ4v) is 3.00. The average Bonchev–Trinajstić information content (AvgIpc) is 2.76. The van der Waals surface area contributed by atoms with E-state index in [1.807, 2.05) is 0 Å². The van der Waals surface area contributed by atoms with Crippen molar-refractivity contribution in [2.24, 2.45) is 11.5 Å². The van der Waals surface area contributed by atoms with Crippen molar-refractivity contribution in [1.82, 2.24) is 10.7 Å². The molecular formula is C20H50GdN5O13Si-. The van der Waals surface area contributed by atoms with Gasteiger partial charge in [0.1, 0.15) is 0 Å². The monoisotopic (exact) mass is 754 g/mol. The van der Waals surface area contributed by atoms with Crippen molar-refractivity contribution in [3.05, 3.63) is 5.84 Å². The molecule has 0 bridgehead atoms. The minimum atomic E-state index is -2.38. The quantitative estimate of drug-likeness (QED) is 0.0747. The van der Waals surface area contributed by atoms with Crippen LogP contribution in [0.1, 0.15) is 41.0 Å². The van der Waals surface area contributed by atoms with E-state index >= 15 is 0 Å². The van der Waals surface area contributed by atoms with E-state index in [-0.39, 0.29) is 39.9 Å². The van der Waals surface area contributed by atoms with Gasteiger partial charge in [-0.15, -0.1) is 0 Å². The van der Waals surface area contributed by atoms with Crippen molar-refractivity contribution < 1.29 is 103 Å². The fourth-order valence-electron chi connectivity index (χ4n) is 1.28. The van der Waals surface area contributed by atoms with Crippen LogP contribution < -0.4 is 22.2 Å². The Morgan fingerprint density at radius 1 is 0.650 bits per heavy atom. The van der Waals surface area contributed by atoms with Gasteiger partial charge >= 0.3 is 8.80 Å².